The van der Waals surface area contributed by atoms with Crippen LogP contribution in [0.25, 0.3) is 0 Å². The van der Waals surface area contributed by atoms with Gasteiger partial charge in [0.15, 0.2) is 0 Å². The topological polar surface area (TPSA) is 77.1 Å². The largest absolute Gasteiger partial charge is 0.399 e. The number of carbonyl (C=O) groups excluding carboxylic acids is 1. The molecule has 0 radical (unpaired) electrons. The van der Waals surface area contributed by atoms with E-state index in [1.165, 1.54) is 16.2 Å². The highest BCUT2D eigenvalue weighted by molar-refractivity contribution is 5.94. The molecule has 5 nitrogen and oxygen atoms in total. The van der Waals surface area contributed by atoms with Gasteiger partial charge in [0.25, 0.3) is 11.5 Å². The average Bonchev–Trinajstić information content (AvgIpc) is 2.50. The van der Waals surface area contributed by atoms with Crippen LogP contribution >= 0.6 is 0 Å². The SMILES string of the molecule is Cn1ccc(C(=O)NC2CCCc3cc(N)ccc32)cc1=O. The van der Waals surface area contributed by atoms with E-state index in [9.17, 15) is 9.59 Å². The van der Waals surface area contributed by atoms with Crippen molar-refractivity contribution in [2.24, 2.45) is 7.05 Å². The van der Waals surface area contributed by atoms with Crippen LogP contribution in [0.3, 0.4) is 0 Å². The lowest BCUT2D eigenvalue weighted by Gasteiger charge is -2.26. The minimum absolute atomic E-state index is 0.0269. The van der Waals surface area contributed by atoms with Gasteiger partial charge in [0.1, 0.15) is 0 Å². The summed E-state index contributed by atoms with van der Waals surface area (Å²) in [7, 11) is 1.66. The van der Waals surface area contributed by atoms with E-state index in [1.807, 2.05) is 18.2 Å². The summed E-state index contributed by atoms with van der Waals surface area (Å²) in [6, 6.07) is 8.82. The van der Waals surface area contributed by atoms with E-state index in [-0.39, 0.29) is 17.5 Å². The van der Waals surface area contributed by atoms with E-state index in [0.717, 1.165) is 30.5 Å². The van der Waals surface area contributed by atoms with Crippen molar-refractivity contribution in [3.8, 4) is 0 Å². The number of hydrogen-bond acceptors (Lipinski definition) is 3. The lowest BCUT2D eigenvalue weighted by Crippen LogP contribution is -2.32. The molecule has 0 saturated carbocycles. The molecule has 1 aromatic carbocycles. The van der Waals surface area contributed by atoms with Gasteiger partial charge in [-0.15, -0.1) is 0 Å². The fraction of sp³-hybridized carbons (Fsp3) is 0.294. The third-order valence-corrected chi connectivity index (χ3v) is 4.15. The van der Waals surface area contributed by atoms with Gasteiger partial charge >= 0.3 is 0 Å². The highest BCUT2D eigenvalue weighted by atomic mass is 16.2. The van der Waals surface area contributed by atoms with Crippen molar-refractivity contribution in [1.82, 2.24) is 9.88 Å². The van der Waals surface area contributed by atoms with Crippen molar-refractivity contribution in [2.45, 2.75) is 25.3 Å². The summed E-state index contributed by atoms with van der Waals surface area (Å²) in [6.45, 7) is 0. The maximum absolute atomic E-state index is 12.4. The zero-order valence-electron chi connectivity index (χ0n) is 12.5. The monoisotopic (exact) mass is 297 g/mol. The van der Waals surface area contributed by atoms with Gasteiger partial charge in [-0.25, -0.2) is 0 Å². The molecule has 1 atom stereocenters. The maximum Gasteiger partial charge on any atom is 0.252 e. The Bertz CT molecular complexity index is 780. The molecule has 0 fully saturated rings. The number of nitrogen functional groups attached to an aromatic ring is 1. The highest BCUT2D eigenvalue weighted by Gasteiger charge is 2.22. The normalized spacial score (nSPS) is 16.9. The molecule has 0 spiro atoms. The first-order valence-electron chi connectivity index (χ1n) is 7.40. The fourth-order valence-electron chi connectivity index (χ4n) is 2.92. The van der Waals surface area contributed by atoms with E-state index in [0.29, 0.717) is 5.56 Å². The summed E-state index contributed by atoms with van der Waals surface area (Å²) < 4.78 is 1.44. The van der Waals surface area contributed by atoms with Gasteiger partial charge in [-0.05, 0) is 48.6 Å². The molecule has 0 aliphatic heterocycles. The zero-order valence-corrected chi connectivity index (χ0v) is 12.5. The Morgan fingerprint density at radius 3 is 2.91 bits per heavy atom. The van der Waals surface area contributed by atoms with Gasteiger partial charge < -0.3 is 15.6 Å². The number of hydrogen-bond donors (Lipinski definition) is 2. The molecule has 5 heteroatoms. The number of fused-ring (bicyclic) bond motifs is 1. The Morgan fingerprint density at radius 2 is 2.14 bits per heavy atom. The summed E-state index contributed by atoms with van der Waals surface area (Å²) >= 11 is 0. The number of pyridine rings is 1. The first kappa shape index (κ1) is 14.4. The molecule has 1 unspecified atom stereocenters. The summed E-state index contributed by atoms with van der Waals surface area (Å²) in [4.78, 5) is 24.0. The molecule has 1 aromatic heterocycles. The molecule has 114 valence electrons. The Morgan fingerprint density at radius 1 is 1.32 bits per heavy atom. The number of nitrogens with one attached hydrogen (secondary N) is 1. The standard InChI is InChI=1S/C17H19N3O2/c1-20-8-7-12(10-16(20)21)17(22)19-15-4-2-3-11-9-13(18)5-6-14(11)15/h5-10,15H,2-4,18H2,1H3,(H,19,22). The lowest BCUT2D eigenvalue weighted by atomic mass is 9.87. The molecular formula is C17H19N3O2. The molecule has 3 rings (SSSR count). The summed E-state index contributed by atoms with van der Waals surface area (Å²) in [6.07, 6.45) is 4.50. The van der Waals surface area contributed by atoms with Crippen LogP contribution in [0.2, 0.25) is 0 Å². The number of amides is 1. The van der Waals surface area contributed by atoms with Crippen LogP contribution in [0.5, 0.6) is 0 Å². The van der Waals surface area contributed by atoms with Gasteiger partial charge in [-0.1, -0.05) is 6.07 Å². The van der Waals surface area contributed by atoms with Crippen molar-refractivity contribution in [2.75, 3.05) is 5.73 Å². The molecule has 3 N–H and O–H groups in total. The molecule has 1 aliphatic rings. The number of nitrogens with two attached hydrogens (primary N) is 1. The molecule has 2 aromatic rings. The minimum atomic E-state index is -0.215. The van der Waals surface area contributed by atoms with Gasteiger partial charge in [-0.2, -0.15) is 0 Å². The summed E-state index contributed by atoms with van der Waals surface area (Å²) in [5.41, 5.74) is 9.10. The second-order valence-electron chi connectivity index (χ2n) is 5.74. The number of nitrogens with zero attached hydrogens (tertiary/aromatic N) is 1. The van der Waals surface area contributed by atoms with E-state index >= 15 is 0 Å². The van der Waals surface area contributed by atoms with Gasteiger partial charge in [-0.3, -0.25) is 9.59 Å². The highest BCUT2D eigenvalue weighted by Crippen LogP contribution is 2.31. The smallest absolute Gasteiger partial charge is 0.252 e. The van der Waals surface area contributed by atoms with Crippen molar-refractivity contribution in [1.29, 1.82) is 0 Å². The van der Waals surface area contributed by atoms with E-state index in [4.69, 9.17) is 5.73 Å². The molecule has 1 amide bonds. The number of aryl methyl sites for hydroxylation is 2. The van der Waals surface area contributed by atoms with Crippen molar-refractivity contribution < 1.29 is 4.79 Å². The Kier molecular flexibility index (Phi) is 3.71. The molecule has 22 heavy (non-hydrogen) atoms. The number of anilines is 1. The fourth-order valence-corrected chi connectivity index (χ4v) is 2.92. The third-order valence-electron chi connectivity index (χ3n) is 4.15. The van der Waals surface area contributed by atoms with E-state index < -0.39 is 0 Å². The van der Waals surface area contributed by atoms with Crippen LogP contribution in [0.1, 0.15) is 40.4 Å². The van der Waals surface area contributed by atoms with Crippen molar-refractivity contribution in [3.05, 3.63) is 63.6 Å². The van der Waals surface area contributed by atoms with Crippen LogP contribution in [-0.4, -0.2) is 10.5 Å². The second-order valence-corrected chi connectivity index (χ2v) is 5.74. The van der Waals surface area contributed by atoms with Crippen molar-refractivity contribution >= 4 is 11.6 Å². The molecule has 0 saturated heterocycles. The van der Waals surface area contributed by atoms with Gasteiger partial charge in [0, 0.05) is 30.6 Å². The second kappa shape index (κ2) is 5.67. The number of benzene rings is 1. The van der Waals surface area contributed by atoms with Crippen LogP contribution in [0.15, 0.2) is 41.3 Å². The van der Waals surface area contributed by atoms with Crippen molar-refractivity contribution in [3.63, 3.8) is 0 Å². The third kappa shape index (κ3) is 2.74. The van der Waals surface area contributed by atoms with Crippen LogP contribution in [0.4, 0.5) is 5.69 Å². The Labute approximate surface area is 128 Å². The lowest BCUT2D eigenvalue weighted by molar-refractivity contribution is 0.0932. The summed E-state index contributed by atoms with van der Waals surface area (Å²) in [5, 5.41) is 3.03. The first-order valence-corrected chi connectivity index (χ1v) is 7.40. The number of carbonyl (C=O) groups is 1. The molecule has 1 heterocycles. The average molecular weight is 297 g/mol. The molecule has 0 bridgehead atoms. The van der Waals surface area contributed by atoms with Crippen LogP contribution in [-0.2, 0) is 13.5 Å². The van der Waals surface area contributed by atoms with Gasteiger partial charge in [0.05, 0.1) is 6.04 Å². The molecular weight excluding hydrogens is 278 g/mol. The number of aromatic nitrogens is 1. The first-order chi connectivity index (χ1) is 10.5. The Balaban J connectivity index is 1.83. The van der Waals surface area contributed by atoms with Gasteiger partial charge in [0.2, 0.25) is 0 Å². The quantitative estimate of drug-likeness (QED) is 0.829. The predicted molar refractivity (Wildman–Crippen MR) is 85.7 cm³/mol. The van der Waals surface area contributed by atoms with E-state index in [2.05, 4.69) is 5.32 Å². The zero-order chi connectivity index (χ0) is 15.7. The summed E-state index contributed by atoms with van der Waals surface area (Å²) in [5.74, 6) is -0.215. The minimum Gasteiger partial charge on any atom is -0.399 e. The maximum atomic E-state index is 12.4. The van der Waals surface area contributed by atoms with E-state index in [1.54, 1.807) is 19.3 Å². The van der Waals surface area contributed by atoms with Crippen LogP contribution in [0, 0.1) is 0 Å². The Hall–Kier alpha value is -2.56. The number of rotatable bonds is 2. The molecule has 1 aliphatic carbocycles. The predicted octanol–water partition coefficient (Wildman–Crippen LogP) is 1.77. The van der Waals surface area contributed by atoms with Crippen LogP contribution < -0.4 is 16.6 Å².